The Labute approximate surface area is 264 Å². The summed E-state index contributed by atoms with van der Waals surface area (Å²) in [5, 5.41) is 15.5. The fourth-order valence-corrected chi connectivity index (χ4v) is 10.6. The van der Waals surface area contributed by atoms with Crippen molar-refractivity contribution in [3.63, 3.8) is 0 Å². The highest BCUT2D eigenvalue weighted by atomic mass is 79.9. The molecule has 0 aliphatic carbocycles. The predicted molar refractivity (Wildman–Crippen MR) is 171 cm³/mol. The zero-order valence-electron chi connectivity index (χ0n) is 23.8. The molecule has 3 fully saturated rings. The van der Waals surface area contributed by atoms with E-state index >= 15 is 0 Å². The molecule has 42 heavy (non-hydrogen) atoms. The van der Waals surface area contributed by atoms with E-state index in [-0.39, 0.29) is 34.4 Å². The number of para-hydroxylation sites is 1. The average molecular weight is 679 g/mol. The number of benzene rings is 2. The molecule has 11 heteroatoms. The molecular weight excluding hydrogens is 642 g/mol. The van der Waals surface area contributed by atoms with Crippen LogP contribution in [0.5, 0.6) is 5.75 Å². The number of hydrogen-bond donors (Lipinski definition) is 3. The number of nitrogens with one attached hydrogen (secondary N) is 2. The van der Waals surface area contributed by atoms with Gasteiger partial charge in [0.15, 0.2) is 0 Å². The van der Waals surface area contributed by atoms with Gasteiger partial charge in [-0.2, -0.15) is 0 Å². The van der Waals surface area contributed by atoms with Crippen molar-refractivity contribution in [1.29, 1.82) is 0 Å². The smallest absolute Gasteiger partial charge is 0.248 e. The molecule has 3 N–H and O–H groups in total. The first kappa shape index (κ1) is 31.2. The van der Waals surface area contributed by atoms with Gasteiger partial charge in [-0.05, 0) is 69.0 Å². The number of hydrogen-bond acceptors (Lipinski definition) is 6. The van der Waals surface area contributed by atoms with Crippen molar-refractivity contribution >= 4 is 68.4 Å². The maximum Gasteiger partial charge on any atom is 0.248 e. The van der Waals surface area contributed by atoms with Gasteiger partial charge in [-0.1, -0.05) is 52.5 Å². The minimum Gasteiger partial charge on any atom is -0.494 e. The van der Waals surface area contributed by atoms with Gasteiger partial charge in [0.25, 0.3) is 0 Å². The van der Waals surface area contributed by atoms with Crippen LogP contribution in [0.2, 0.25) is 5.02 Å². The van der Waals surface area contributed by atoms with Crippen molar-refractivity contribution in [3.05, 3.63) is 53.1 Å². The number of aliphatic hydroxyl groups is 1. The van der Waals surface area contributed by atoms with E-state index < -0.39 is 22.6 Å². The largest absolute Gasteiger partial charge is 0.494 e. The zero-order valence-corrected chi connectivity index (χ0v) is 26.9. The highest BCUT2D eigenvalue weighted by molar-refractivity contribution is 9.09. The number of halogens is 2. The van der Waals surface area contributed by atoms with Crippen molar-refractivity contribution in [1.82, 2.24) is 4.90 Å². The molecule has 8 nitrogen and oxygen atoms in total. The maximum atomic E-state index is 14.2. The van der Waals surface area contributed by atoms with Crippen molar-refractivity contribution in [2.45, 2.75) is 66.8 Å². The lowest BCUT2D eigenvalue weighted by molar-refractivity contribution is -0.138. The van der Waals surface area contributed by atoms with Gasteiger partial charge in [-0.3, -0.25) is 14.4 Å². The Morgan fingerprint density at radius 3 is 2.55 bits per heavy atom. The third kappa shape index (κ3) is 5.79. The SMILES string of the molecule is CCOc1ccc(NC(=O)[C@H]2[C@H]3C(=O)N(CCCCCCO)C(C(=O)Nc4c(C)cccc4Cl)C34CC(Br)[C@@H]2S4)cc1. The molecule has 6 atom stereocenters. The Bertz CT molecular complexity index is 1310. The molecule has 0 aromatic heterocycles. The number of nitrogens with zero attached hydrogens (tertiary/aromatic N) is 1. The Kier molecular flexibility index (Phi) is 9.76. The first-order valence-corrected chi connectivity index (χ1v) is 16.7. The number of thioether (sulfide) groups is 1. The summed E-state index contributed by atoms with van der Waals surface area (Å²) in [6.07, 6.45) is 3.69. The van der Waals surface area contributed by atoms with E-state index in [0.717, 1.165) is 18.4 Å². The van der Waals surface area contributed by atoms with Crippen LogP contribution in [0.4, 0.5) is 11.4 Å². The molecule has 1 spiro atoms. The lowest BCUT2D eigenvalue weighted by Gasteiger charge is -2.35. The van der Waals surface area contributed by atoms with E-state index in [1.165, 1.54) is 0 Å². The minimum absolute atomic E-state index is 0.0236. The highest BCUT2D eigenvalue weighted by Gasteiger charge is 2.75. The number of rotatable bonds is 12. The predicted octanol–water partition coefficient (Wildman–Crippen LogP) is 5.64. The van der Waals surface area contributed by atoms with Gasteiger partial charge in [-0.25, -0.2) is 0 Å². The van der Waals surface area contributed by atoms with Crippen molar-refractivity contribution in [2.24, 2.45) is 11.8 Å². The summed E-state index contributed by atoms with van der Waals surface area (Å²) in [5.74, 6) is -1.14. The summed E-state index contributed by atoms with van der Waals surface area (Å²) in [7, 11) is 0. The fraction of sp³-hybridized carbons (Fsp3) is 0.516. The van der Waals surface area contributed by atoms with Crippen molar-refractivity contribution in [2.75, 3.05) is 30.4 Å². The Morgan fingerprint density at radius 1 is 1.12 bits per heavy atom. The molecule has 0 saturated carbocycles. The summed E-state index contributed by atoms with van der Waals surface area (Å²) < 4.78 is 4.77. The Balaban J connectivity index is 1.44. The van der Waals surface area contributed by atoms with Crippen LogP contribution in [0.25, 0.3) is 0 Å². The molecule has 3 saturated heterocycles. The van der Waals surface area contributed by atoms with Crippen LogP contribution in [0.1, 0.15) is 44.6 Å². The number of carbonyl (C=O) groups excluding carboxylic acids is 3. The molecule has 3 heterocycles. The summed E-state index contributed by atoms with van der Waals surface area (Å²) in [5.41, 5.74) is 2.00. The van der Waals surface area contributed by atoms with Crippen LogP contribution in [0, 0.1) is 18.8 Å². The number of unbranched alkanes of at least 4 members (excludes halogenated alkanes) is 3. The second kappa shape index (κ2) is 13.2. The van der Waals surface area contributed by atoms with E-state index in [9.17, 15) is 14.4 Å². The van der Waals surface area contributed by atoms with Gasteiger partial charge in [-0.15, -0.1) is 11.8 Å². The molecule has 2 bridgehead atoms. The van der Waals surface area contributed by atoms with Crippen LogP contribution in [0.15, 0.2) is 42.5 Å². The molecular formula is C31H37BrClN3O5S. The van der Waals surface area contributed by atoms with Crippen LogP contribution < -0.4 is 15.4 Å². The van der Waals surface area contributed by atoms with Gasteiger partial charge < -0.3 is 25.4 Å². The number of aliphatic hydroxyl groups excluding tert-OH is 1. The van der Waals surface area contributed by atoms with Crippen molar-refractivity contribution in [3.8, 4) is 5.75 Å². The summed E-state index contributed by atoms with van der Waals surface area (Å²) >= 11 is 11.9. The lowest BCUT2D eigenvalue weighted by Crippen LogP contribution is -2.52. The van der Waals surface area contributed by atoms with Crippen LogP contribution in [-0.4, -0.2) is 68.4 Å². The quantitative estimate of drug-likeness (QED) is 0.198. The number of amides is 3. The standard InChI is InChI=1S/C31H37BrClN3O5S/c1-3-41-20-13-11-19(12-14-20)34-28(38)23-24-30(40)36(15-6-4-5-7-16-37)27(31(24)17-21(32)26(23)42-31)29(39)35-25-18(2)9-8-10-22(25)33/h8-14,21,23-24,26-27,37H,3-7,15-17H2,1-2H3,(H,34,38)(H,35,39)/t21?,23-,24-,26-,27?,31?/m0/s1. The number of anilines is 2. The molecule has 3 aliphatic heterocycles. The Morgan fingerprint density at radius 2 is 1.86 bits per heavy atom. The molecule has 2 aromatic carbocycles. The average Bonchev–Trinajstić information content (AvgIpc) is 3.55. The number of aryl methyl sites for hydroxylation is 1. The molecule has 5 rings (SSSR count). The molecule has 2 aromatic rings. The van der Waals surface area contributed by atoms with E-state index in [2.05, 4.69) is 26.6 Å². The van der Waals surface area contributed by atoms with Crippen molar-refractivity contribution < 1.29 is 24.2 Å². The first-order valence-electron chi connectivity index (χ1n) is 14.5. The fourth-order valence-electron chi connectivity index (χ4n) is 6.73. The maximum absolute atomic E-state index is 14.2. The van der Waals surface area contributed by atoms with Crippen LogP contribution in [-0.2, 0) is 14.4 Å². The highest BCUT2D eigenvalue weighted by Crippen LogP contribution is 2.67. The summed E-state index contributed by atoms with van der Waals surface area (Å²) in [4.78, 5) is 43.9. The minimum atomic E-state index is -0.749. The van der Waals surface area contributed by atoms with Gasteiger partial charge in [0, 0.05) is 28.9 Å². The second-order valence-corrected chi connectivity index (χ2v) is 14.3. The molecule has 3 unspecified atom stereocenters. The Hall–Kier alpha value is -2.27. The number of ether oxygens (including phenoxy) is 1. The monoisotopic (exact) mass is 677 g/mol. The van der Waals surface area contributed by atoms with E-state index in [1.807, 2.05) is 26.0 Å². The van der Waals surface area contributed by atoms with Gasteiger partial charge in [0.1, 0.15) is 11.8 Å². The zero-order chi connectivity index (χ0) is 30.0. The normalized spacial score (nSPS) is 27.7. The third-order valence-electron chi connectivity index (χ3n) is 8.55. The van der Waals surface area contributed by atoms with E-state index in [0.29, 0.717) is 54.6 Å². The summed E-state index contributed by atoms with van der Waals surface area (Å²) in [6, 6.07) is 11.9. The summed E-state index contributed by atoms with van der Waals surface area (Å²) in [6.45, 7) is 4.88. The molecule has 0 radical (unpaired) electrons. The number of likely N-dealkylation sites (tertiary alicyclic amines) is 1. The first-order chi connectivity index (χ1) is 20.2. The molecule has 226 valence electrons. The van der Waals surface area contributed by atoms with Gasteiger partial charge in [0.05, 0.1) is 33.9 Å². The van der Waals surface area contributed by atoms with E-state index in [4.69, 9.17) is 21.4 Å². The van der Waals surface area contributed by atoms with Gasteiger partial charge >= 0.3 is 0 Å². The topological polar surface area (TPSA) is 108 Å². The number of carbonyl (C=O) groups is 3. The third-order valence-corrected chi connectivity index (χ3v) is 12.1. The lowest BCUT2D eigenvalue weighted by atomic mass is 9.70. The second-order valence-electron chi connectivity index (χ2n) is 11.2. The van der Waals surface area contributed by atoms with Crippen LogP contribution in [0.3, 0.4) is 0 Å². The molecule has 3 aliphatic rings. The van der Waals surface area contributed by atoms with Gasteiger partial charge in [0.2, 0.25) is 17.7 Å². The number of alkyl halides is 1. The molecule has 3 amide bonds. The van der Waals surface area contributed by atoms with Crippen LogP contribution >= 0.6 is 39.3 Å². The van der Waals surface area contributed by atoms with E-state index in [1.54, 1.807) is 47.0 Å². The number of fused-ring (bicyclic) bond motifs is 1.